The van der Waals surface area contributed by atoms with Gasteiger partial charge < -0.3 is 15.7 Å². The number of aliphatic hydroxyl groups excluding tert-OH is 1. The van der Waals surface area contributed by atoms with E-state index in [2.05, 4.69) is 14.9 Å². The lowest BCUT2D eigenvalue weighted by Gasteiger charge is -2.18. The van der Waals surface area contributed by atoms with Crippen LogP contribution in [0, 0.1) is 11.8 Å². The number of hydrogen-bond acceptors (Lipinski definition) is 5. The Hall–Kier alpha value is -1.20. The van der Waals surface area contributed by atoms with E-state index in [1.165, 1.54) is 0 Å². The predicted molar refractivity (Wildman–Crippen MR) is 64.4 cm³/mol. The first-order chi connectivity index (χ1) is 8.28. The van der Waals surface area contributed by atoms with Crippen LogP contribution < -0.4 is 10.6 Å². The van der Waals surface area contributed by atoms with E-state index in [1.54, 1.807) is 12.4 Å². The third-order valence-corrected chi connectivity index (χ3v) is 4.04. The second-order valence-corrected chi connectivity index (χ2v) is 5.04. The smallest absolute Gasteiger partial charge is 0.147 e. The van der Waals surface area contributed by atoms with Crippen molar-refractivity contribution in [2.75, 3.05) is 18.0 Å². The summed E-state index contributed by atoms with van der Waals surface area (Å²) in [5, 5.41) is 9.87. The topological polar surface area (TPSA) is 75.3 Å². The summed E-state index contributed by atoms with van der Waals surface area (Å²) in [6.07, 6.45) is 5.49. The second-order valence-electron chi connectivity index (χ2n) is 5.04. The van der Waals surface area contributed by atoms with Gasteiger partial charge in [0, 0.05) is 25.6 Å². The third kappa shape index (κ3) is 1.89. The molecule has 1 saturated heterocycles. The Morgan fingerprint density at radius 1 is 1.29 bits per heavy atom. The minimum atomic E-state index is -0.124. The Morgan fingerprint density at radius 3 is 2.82 bits per heavy atom. The average molecular weight is 234 g/mol. The largest absolute Gasteiger partial charge is 0.393 e. The van der Waals surface area contributed by atoms with Gasteiger partial charge in [-0.2, -0.15) is 0 Å². The zero-order valence-corrected chi connectivity index (χ0v) is 9.79. The molecule has 1 saturated carbocycles. The van der Waals surface area contributed by atoms with Crippen molar-refractivity contribution in [2.45, 2.75) is 25.5 Å². The molecule has 92 valence electrons. The lowest BCUT2D eigenvalue weighted by molar-refractivity contribution is 0.133. The van der Waals surface area contributed by atoms with Crippen LogP contribution in [0.4, 0.5) is 5.82 Å². The molecule has 0 spiro atoms. The molecular weight excluding hydrogens is 216 g/mol. The number of rotatable bonds is 2. The van der Waals surface area contributed by atoms with Crippen molar-refractivity contribution >= 4 is 5.82 Å². The highest BCUT2D eigenvalue weighted by atomic mass is 16.3. The first-order valence-corrected chi connectivity index (χ1v) is 6.22. The van der Waals surface area contributed by atoms with Gasteiger partial charge in [0.05, 0.1) is 24.2 Å². The van der Waals surface area contributed by atoms with Crippen LogP contribution in [0.2, 0.25) is 0 Å². The van der Waals surface area contributed by atoms with Gasteiger partial charge in [-0.1, -0.05) is 0 Å². The highest BCUT2D eigenvalue weighted by Crippen LogP contribution is 2.39. The van der Waals surface area contributed by atoms with Gasteiger partial charge in [-0.15, -0.1) is 0 Å². The van der Waals surface area contributed by atoms with E-state index in [0.717, 1.165) is 37.4 Å². The van der Waals surface area contributed by atoms with Crippen molar-refractivity contribution < 1.29 is 5.11 Å². The van der Waals surface area contributed by atoms with Crippen LogP contribution in [-0.2, 0) is 6.54 Å². The van der Waals surface area contributed by atoms with E-state index in [1.807, 2.05) is 0 Å². The van der Waals surface area contributed by atoms with Gasteiger partial charge in [0.2, 0.25) is 0 Å². The molecule has 0 bridgehead atoms. The number of fused-ring (bicyclic) bond motifs is 1. The Bertz CT molecular complexity index is 394. The fourth-order valence-electron chi connectivity index (χ4n) is 3.04. The van der Waals surface area contributed by atoms with E-state index in [9.17, 15) is 5.11 Å². The van der Waals surface area contributed by atoms with Crippen molar-refractivity contribution in [3.8, 4) is 0 Å². The molecule has 1 aromatic heterocycles. The summed E-state index contributed by atoms with van der Waals surface area (Å²) < 4.78 is 0. The Morgan fingerprint density at radius 2 is 2.18 bits per heavy atom. The molecule has 5 heteroatoms. The summed E-state index contributed by atoms with van der Waals surface area (Å²) in [5.41, 5.74) is 6.31. The maximum Gasteiger partial charge on any atom is 0.147 e. The molecule has 5 nitrogen and oxygen atoms in total. The molecule has 2 fully saturated rings. The predicted octanol–water partition coefficient (Wildman–Crippen LogP) is 0.142. The highest BCUT2D eigenvalue weighted by Gasteiger charge is 2.42. The van der Waals surface area contributed by atoms with Gasteiger partial charge in [-0.05, 0) is 18.8 Å². The number of aliphatic hydroxyl groups is 1. The van der Waals surface area contributed by atoms with Gasteiger partial charge in [0.1, 0.15) is 5.82 Å². The minimum Gasteiger partial charge on any atom is -0.393 e. The van der Waals surface area contributed by atoms with Crippen LogP contribution in [0.25, 0.3) is 0 Å². The van der Waals surface area contributed by atoms with Crippen LogP contribution in [-0.4, -0.2) is 34.3 Å². The number of nitrogens with zero attached hydrogens (tertiary/aromatic N) is 3. The molecule has 17 heavy (non-hydrogen) atoms. The molecule has 2 heterocycles. The maximum absolute atomic E-state index is 9.87. The minimum absolute atomic E-state index is 0.124. The molecule has 1 aliphatic heterocycles. The first kappa shape index (κ1) is 10.9. The van der Waals surface area contributed by atoms with E-state index in [0.29, 0.717) is 18.4 Å². The quantitative estimate of drug-likeness (QED) is 0.761. The van der Waals surface area contributed by atoms with Crippen molar-refractivity contribution in [1.82, 2.24) is 9.97 Å². The molecule has 3 rings (SSSR count). The summed E-state index contributed by atoms with van der Waals surface area (Å²) in [7, 11) is 0. The molecule has 1 aliphatic carbocycles. The summed E-state index contributed by atoms with van der Waals surface area (Å²) in [5.74, 6) is 1.95. The van der Waals surface area contributed by atoms with E-state index in [4.69, 9.17) is 5.73 Å². The molecule has 1 aromatic rings. The number of aromatic nitrogens is 2. The highest BCUT2D eigenvalue weighted by molar-refractivity contribution is 5.38. The number of anilines is 1. The fourth-order valence-corrected chi connectivity index (χ4v) is 3.04. The van der Waals surface area contributed by atoms with Crippen LogP contribution in [0.1, 0.15) is 18.5 Å². The van der Waals surface area contributed by atoms with Crippen LogP contribution in [0.3, 0.4) is 0 Å². The lowest BCUT2D eigenvalue weighted by Crippen LogP contribution is -2.25. The molecule has 0 aromatic carbocycles. The molecule has 0 radical (unpaired) electrons. The lowest BCUT2D eigenvalue weighted by atomic mass is 10.00. The maximum atomic E-state index is 9.87. The van der Waals surface area contributed by atoms with Gasteiger partial charge in [-0.25, -0.2) is 4.98 Å². The van der Waals surface area contributed by atoms with Crippen LogP contribution >= 0.6 is 0 Å². The Labute approximate surface area is 101 Å². The molecule has 3 unspecified atom stereocenters. The summed E-state index contributed by atoms with van der Waals surface area (Å²) in [6, 6.07) is 0. The Kier molecular flexibility index (Phi) is 2.72. The summed E-state index contributed by atoms with van der Waals surface area (Å²) in [6.45, 7) is 2.33. The monoisotopic (exact) mass is 234 g/mol. The number of hydrogen-bond donors (Lipinski definition) is 2. The van der Waals surface area contributed by atoms with E-state index >= 15 is 0 Å². The van der Waals surface area contributed by atoms with Crippen molar-refractivity contribution in [1.29, 1.82) is 0 Å². The SMILES string of the molecule is NCc1cnc(N2CC3CCC(O)C3C2)cn1. The zero-order chi connectivity index (χ0) is 11.8. The first-order valence-electron chi connectivity index (χ1n) is 6.22. The second kappa shape index (κ2) is 4.23. The average Bonchev–Trinajstić information content (AvgIpc) is 2.92. The standard InChI is InChI=1S/C12H18N4O/c13-3-9-4-15-12(5-14-9)16-6-8-1-2-11(17)10(8)7-16/h4-5,8,10-11,17H,1-3,6-7,13H2. The van der Waals surface area contributed by atoms with Crippen LogP contribution in [0.15, 0.2) is 12.4 Å². The van der Waals surface area contributed by atoms with Gasteiger partial charge in [0.25, 0.3) is 0 Å². The van der Waals surface area contributed by atoms with Gasteiger partial charge in [-0.3, -0.25) is 4.98 Å². The van der Waals surface area contributed by atoms with E-state index in [-0.39, 0.29) is 6.10 Å². The molecule has 0 amide bonds. The van der Waals surface area contributed by atoms with Gasteiger partial charge in [0.15, 0.2) is 0 Å². The fraction of sp³-hybridized carbons (Fsp3) is 0.667. The van der Waals surface area contributed by atoms with E-state index < -0.39 is 0 Å². The summed E-state index contributed by atoms with van der Waals surface area (Å²) in [4.78, 5) is 10.9. The number of nitrogens with two attached hydrogens (primary N) is 1. The third-order valence-electron chi connectivity index (χ3n) is 4.04. The Balaban J connectivity index is 1.73. The molecule has 3 N–H and O–H groups in total. The molecule has 2 aliphatic rings. The summed E-state index contributed by atoms with van der Waals surface area (Å²) >= 11 is 0. The van der Waals surface area contributed by atoms with Crippen molar-refractivity contribution in [2.24, 2.45) is 17.6 Å². The molecule has 3 atom stereocenters. The van der Waals surface area contributed by atoms with Crippen LogP contribution in [0.5, 0.6) is 0 Å². The van der Waals surface area contributed by atoms with Crippen molar-refractivity contribution in [3.05, 3.63) is 18.1 Å². The zero-order valence-electron chi connectivity index (χ0n) is 9.79. The van der Waals surface area contributed by atoms with Crippen molar-refractivity contribution in [3.63, 3.8) is 0 Å². The van der Waals surface area contributed by atoms with Gasteiger partial charge >= 0.3 is 0 Å². The normalized spacial score (nSPS) is 31.9. The molecular formula is C12H18N4O.